The van der Waals surface area contributed by atoms with E-state index in [4.69, 9.17) is 9.72 Å². The molecule has 7 heteroatoms. The number of halogens is 1. The average Bonchev–Trinajstić information content (AvgIpc) is 2.84. The highest BCUT2D eigenvalue weighted by Crippen LogP contribution is 2.31. The Labute approximate surface area is 200 Å². The van der Waals surface area contributed by atoms with Crippen LogP contribution in [0, 0.1) is 5.82 Å². The first kappa shape index (κ1) is 23.7. The van der Waals surface area contributed by atoms with Crippen molar-refractivity contribution in [2.45, 2.75) is 19.9 Å². The predicted molar refractivity (Wildman–Crippen MR) is 134 cm³/mol. The summed E-state index contributed by atoms with van der Waals surface area (Å²) in [5.74, 6) is 0.769. The molecule has 1 aliphatic heterocycles. The van der Waals surface area contributed by atoms with Gasteiger partial charge in [-0.1, -0.05) is 18.2 Å². The van der Waals surface area contributed by atoms with Crippen LogP contribution in [0.15, 0.2) is 60.7 Å². The van der Waals surface area contributed by atoms with Crippen LogP contribution in [0.4, 0.5) is 15.9 Å². The fourth-order valence-electron chi connectivity index (χ4n) is 4.23. The molecule has 1 amide bonds. The van der Waals surface area contributed by atoms with Crippen molar-refractivity contribution in [2.75, 3.05) is 50.1 Å². The van der Waals surface area contributed by atoms with Crippen LogP contribution in [0.25, 0.3) is 11.3 Å². The van der Waals surface area contributed by atoms with Crippen LogP contribution in [0.3, 0.4) is 0 Å². The van der Waals surface area contributed by atoms with E-state index in [1.165, 1.54) is 6.07 Å². The molecular formula is C27H31FN4O2. The number of carbonyl (C=O) groups is 1. The van der Waals surface area contributed by atoms with Crippen molar-refractivity contribution in [1.82, 2.24) is 9.88 Å². The van der Waals surface area contributed by atoms with E-state index in [1.54, 1.807) is 36.3 Å². The zero-order chi connectivity index (χ0) is 24.2. The van der Waals surface area contributed by atoms with Gasteiger partial charge >= 0.3 is 0 Å². The van der Waals surface area contributed by atoms with Crippen LogP contribution in [0.1, 0.15) is 24.2 Å². The number of likely N-dealkylation sites (N-methyl/N-ethyl adjacent to an activating group) is 1. The molecule has 0 saturated carbocycles. The van der Waals surface area contributed by atoms with Gasteiger partial charge in [-0.25, -0.2) is 9.37 Å². The number of aromatic nitrogens is 1. The highest BCUT2D eigenvalue weighted by atomic mass is 19.1. The van der Waals surface area contributed by atoms with Crippen LogP contribution in [0.2, 0.25) is 0 Å². The molecule has 0 bridgehead atoms. The molecule has 4 rings (SSSR count). The van der Waals surface area contributed by atoms with Gasteiger partial charge in [-0.05, 0) is 57.3 Å². The second kappa shape index (κ2) is 10.2. The molecule has 1 saturated heterocycles. The first-order valence-corrected chi connectivity index (χ1v) is 11.6. The van der Waals surface area contributed by atoms with Gasteiger partial charge in [0.05, 0.1) is 18.4 Å². The maximum atomic E-state index is 14.9. The summed E-state index contributed by atoms with van der Waals surface area (Å²) in [5.41, 5.74) is 1.74. The van der Waals surface area contributed by atoms with Crippen molar-refractivity contribution < 1.29 is 13.9 Å². The number of amides is 1. The Bertz CT molecular complexity index is 1160. The van der Waals surface area contributed by atoms with E-state index >= 15 is 0 Å². The van der Waals surface area contributed by atoms with Gasteiger partial charge in [0.25, 0.3) is 5.91 Å². The number of benzene rings is 2. The summed E-state index contributed by atoms with van der Waals surface area (Å²) in [7, 11) is 3.69. The molecule has 0 radical (unpaired) electrons. The minimum Gasteiger partial charge on any atom is -0.497 e. The van der Waals surface area contributed by atoms with Crippen LogP contribution >= 0.6 is 0 Å². The molecule has 2 heterocycles. The monoisotopic (exact) mass is 462 g/mol. The third-order valence-corrected chi connectivity index (χ3v) is 6.13. The van der Waals surface area contributed by atoms with Gasteiger partial charge in [-0.3, -0.25) is 4.79 Å². The van der Waals surface area contributed by atoms with Crippen molar-refractivity contribution in [2.24, 2.45) is 0 Å². The Balaban J connectivity index is 1.80. The van der Waals surface area contributed by atoms with Crippen molar-refractivity contribution in [3.05, 3.63) is 72.0 Å². The van der Waals surface area contributed by atoms with E-state index in [0.717, 1.165) is 32.0 Å². The van der Waals surface area contributed by atoms with Gasteiger partial charge < -0.3 is 19.4 Å². The number of rotatable bonds is 6. The SMILES string of the molecule is COc1cccc(N(C(=O)c2ccc(N3CCN(C)CC3)nc2-c2ccccc2F)C(C)C)c1. The van der Waals surface area contributed by atoms with Crippen LogP contribution in [-0.4, -0.2) is 62.2 Å². The normalized spacial score (nSPS) is 14.4. The second-order valence-corrected chi connectivity index (χ2v) is 8.81. The molecule has 1 aliphatic rings. The Morgan fingerprint density at radius 2 is 1.76 bits per heavy atom. The Morgan fingerprint density at radius 3 is 2.44 bits per heavy atom. The van der Waals surface area contributed by atoms with Crippen molar-refractivity contribution in [3.63, 3.8) is 0 Å². The van der Waals surface area contributed by atoms with Crippen molar-refractivity contribution >= 4 is 17.4 Å². The van der Waals surface area contributed by atoms with E-state index in [9.17, 15) is 9.18 Å². The van der Waals surface area contributed by atoms with E-state index in [0.29, 0.717) is 28.3 Å². The summed E-state index contributed by atoms with van der Waals surface area (Å²) in [5, 5.41) is 0. The molecule has 3 aromatic rings. The second-order valence-electron chi connectivity index (χ2n) is 8.81. The number of carbonyl (C=O) groups excluding carboxylic acids is 1. The summed E-state index contributed by atoms with van der Waals surface area (Å²) in [6, 6.07) is 17.4. The predicted octanol–water partition coefficient (Wildman–Crippen LogP) is 4.70. The van der Waals surface area contributed by atoms with Crippen molar-refractivity contribution in [1.29, 1.82) is 0 Å². The zero-order valence-electron chi connectivity index (χ0n) is 20.2. The lowest BCUT2D eigenvalue weighted by Gasteiger charge is -2.34. The number of ether oxygens (including phenoxy) is 1. The van der Waals surface area contributed by atoms with Crippen LogP contribution in [-0.2, 0) is 0 Å². The fraction of sp³-hybridized carbons (Fsp3) is 0.333. The fourth-order valence-corrected chi connectivity index (χ4v) is 4.23. The molecule has 0 N–H and O–H groups in total. The number of anilines is 2. The number of methoxy groups -OCH3 is 1. The topological polar surface area (TPSA) is 48.9 Å². The molecule has 0 aliphatic carbocycles. The number of nitrogens with zero attached hydrogens (tertiary/aromatic N) is 4. The van der Waals surface area contributed by atoms with Crippen LogP contribution < -0.4 is 14.5 Å². The lowest BCUT2D eigenvalue weighted by atomic mass is 10.0. The van der Waals surface area contributed by atoms with Gasteiger partial charge in [-0.15, -0.1) is 0 Å². The van der Waals surface area contributed by atoms with E-state index in [1.807, 2.05) is 44.2 Å². The summed E-state index contributed by atoms with van der Waals surface area (Å²) in [6.07, 6.45) is 0. The van der Waals surface area contributed by atoms with Gasteiger partial charge in [0.15, 0.2) is 0 Å². The Kier molecular flexibility index (Phi) is 7.12. The molecule has 2 aromatic carbocycles. The molecule has 0 atom stereocenters. The molecule has 6 nitrogen and oxygen atoms in total. The van der Waals surface area contributed by atoms with Gasteiger partial charge in [0.1, 0.15) is 17.4 Å². The number of pyridine rings is 1. The highest BCUT2D eigenvalue weighted by molar-refractivity contribution is 6.10. The summed E-state index contributed by atoms with van der Waals surface area (Å²) in [6.45, 7) is 7.41. The molecule has 1 aromatic heterocycles. The maximum absolute atomic E-state index is 14.9. The van der Waals surface area contributed by atoms with Gasteiger partial charge in [0.2, 0.25) is 0 Å². The standard InChI is InChI=1S/C27H31FN4O2/c1-19(2)32(20-8-7-9-21(18-20)34-4)27(33)23-12-13-25(31-16-14-30(3)15-17-31)29-26(23)22-10-5-6-11-24(22)28/h5-13,18-19H,14-17H2,1-4H3. The number of piperazine rings is 1. The summed E-state index contributed by atoms with van der Waals surface area (Å²) < 4.78 is 20.3. The summed E-state index contributed by atoms with van der Waals surface area (Å²) in [4.78, 5) is 24.9. The highest BCUT2D eigenvalue weighted by Gasteiger charge is 2.27. The third kappa shape index (κ3) is 4.89. The number of hydrogen-bond donors (Lipinski definition) is 0. The van der Waals surface area contributed by atoms with Gasteiger partial charge in [0, 0.05) is 49.5 Å². The molecule has 1 fully saturated rings. The van der Waals surface area contributed by atoms with E-state index in [2.05, 4.69) is 16.8 Å². The smallest absolute Gasteiger partial charge is 0.260 e. The quantitative estimate of drug-likeness (QED) is 0.531. The van der Waals surface area contributed by atoms with Gasteiger partial charge in [-0.2, -0.15) is 0 Å². The molecule has 0 spiro atoms. The molecule has 0 unspecified atom stereocenters. The lowest BCUT2D eigenvalue weighted by molar-refractivity contribution is 0.0980. The minimum atomic E-state index is -0.406. The summed E-state index contributed by atoms with van der Waals surface area (Å²) >= 11 is 0. The molecule has 178 valence electrons. The maximum Gasteiger partial charge on any atom is 0.260 e. The lowest BCUT2D eigenvalue weighted by Crippen LogP contribution is -2.45. The molecular weight excluding hydrogens is 431 g/mol. The Hall–Kier alpha value is -3.45. The third-order valence-electron chi connectivity index (χ3n) is 6.13. The van der Waals surface area contributed by atoms with Crippen LogP contribution in [0.5, 0.6) is 5.75 Å². The first-order valence-electron chi connectivity index (χ1n) is 11.6. The largest absolute Gasteiger partial charge is 0.497 e. The van der Waals surface area contributed by atoms with E-state index < -0.39 is 5.82 Å². The van der Waals surface area contributed by atoms with Crippen molar-refractivity contribution in [3.8, 4) is 17.0 Å². The average molecular weight is 463 g/mol. The van der Waals surface area contributed by atoms with E-state index in [-0.39, 0.29) is 11.9 Å². The Morgan fingerprint density at radius 1 is 1.03 bits per heavy atom. The first-order chi connectivity index (χ1) is 16.4. The zero-order valence-corrected chi connectivity index (χ0v) is 20.2. The molecule has 34 heavy (non-hydrogen) atoms. The number of hydrogen-bond acceptors (Lipinski definition) is 5. The minimum absolute atomic E-state index is 0.134.